The van der Waals surface area contributed by atoms with Crippen molar-refractivity contribution in [2.24, 2.45) is 0 Å². The number of aromatic amines is 1. The molecule has 3 aromatic rings. The van der Waals surface area contributed by atoms with E-state index in [-0.39, 0.29) is 18.3 Å². The van der Waals surface area contributed by atoms with Gasteiger partial charge in [-0.15, -0.1) is 0 Å². The molecule has 0 aliphatic heterocycles. The molecule has 2 N–H and O–H groups in total. The quantitative estimate of drug-likeness (QED) is 0.661. The molecule has 0 bridgehead atoms. The van der Waals surface area contributed by atoms with E-state index in [4.69, 9.17) is 0 Å². The number of fused-ring (bicyclic) bond motifs is 1. The summed E-state index contributed by atoms with van der Waals surface area (Å²) in [5, 5.41) is 10.7. The number of H-pyrrole nitrogens is 1. The fraction of sp³-hybridized carbons (Fsp3) is 0.300. The predicted molar refractivity (Wildman–Crippen MR) is 100 cm³/mol. The fourth-order valence-electron chi connectivity index (χ4n) is 3.44. The maximum Gasteiger partial charge on any atom is 0.123 e. The lowest BCUT2D eigenvalue weighted by atomic mass is 9.86. The molecule has 0 radical (unpaired) electrons. The molecule has 0 aliphatic carbocycles. The molecule has 0 saturated heterocycles. The Bertz CT molecular complexity index is 843. The van der Waals surface area contributed by atoms with E-state index < -0.39 is 0 Å². The summed E-state index contributed by atoms with van der Waals surface area (Å²) in [7, 11) is 0. The van der Waals surface area contributed by atoms with Gasteiger partial charge in [0.1, 0.15) is 5.82 Å². The van der Waals surface area contributed by atoms with Crippen molar-refractivity contribution in [3.05, 3.63) is 70.7 Å². The van der Waals surface area contributed by atoms with Crippen LogP contribution >= 0.6 is 11.8 Å². The van der Waals surface area contributed by atoms with Gasteiger partial charge in [0.15, 0.2) is 0 Å². The van der Waals surface area contributed by atoms with E-state index in [0.717, 1.165) is 28.0 Å². The summed E-state index contributed by atoms with van der Waals surface area (Å²) in [5.74, 6) is 0.784. The van der Waals surface area contributed by atoms with Gasteiger partial charge in [0, 0.05) is 35.4 Å². The van der Waals surface area contributed by atoms with Crippen LogP contribution in [0.4, 0.5) is 4.39 Å². The Hall–Kier alpha value is -1.78. The molecule has 0 saturated carbocycles. The van der Waals surface area contributed by atoms with Crippen molar-refractivity contribution in [2.75, 3.05) is 12.9 Å². The van der Waals surface area contributed by atoms with Crippen molar-refractivity contribution in [1.29, 1.82) is 0 Å². The van der Waals surface area contributed by atoms with E-state index in [0.29, 0.717) is 6.42 Å². The minimum Gasteiger partial charge on any atom is -0.396 e. The summed E-state index contributed by atoms with van der Waals surface area (Å²) >= 11 is 1.80. The van der Waals surface area contributed by atoms with E-state index in [1.807, 2.05) is 19.2 Å². The summed E-state index contributed by atoms with van der Waals surface area (Å²) in [4.78, 5) is 3.41. The van der Waals surface area contributed by atoms with Crippen molar-refractivity contribution in [1.82, 2.24) is 4.98 Å². The van der Waals surface area contributed by atoms with Crippen molar-refractivity contribution in [3.8, 4) is 0 Å². The van der Waals surface area contributed by atoms with E-state index in [2.05, 4.69) is 29.4 Å². The molecule has 0 amide bonds. The highest BCUT2D eigenvalue weighted by Gasteiger charge is 2.20. The normalized spacial score (nSPS) is 12.7. The number of rotatable bonds is 6. The second kappa shape index (κ2) is 7.41. The minimum atomic E-state index is -0.222. The first-order valence-corrected chi connectivity index (χ1v) is 9.49. The summed E-state index contributed by atoms with van der Waals surface area (Å²) in [6.45, 7) is 2.02. The number of para-hydroxylation sites is 1. The highest BCUT2D eigenvalue weighted by Crippen LogP contribution is 2.36. The van der Waals surface area contributed by atoms with Gasteiger partial charge >= 0.3 is 0 Å². The van der Waals surface area contributed by atoms with Gasteiger partial charge in [-0.2, -0.15) is 11.8 Å². The van der Waals surface area contributed by atoms with Gasteiger partial charge in [-0.1, -0.05) is 24.3 Å². The number of halogens is 1. The van der Waals surface area contributed by atoms with Gasteiger partial charge in [0.2, 0.25) is 0 Å². The van der Waals surface area contributed by atoms with Crippen LogP contribution in [0.5, 0.6) is 0 Å². The summed E-state index contributed by atoms with van der Waals surface area (Å²) in [6, 6.07) is 11.3. The van der Waals surface area contributed by atoms with Crippen LogP contribution in [0.15, 0.2) is 42.6 Å². The highest BCUT2D eigenvalue weighted by atomic mass is 32.2. The maximum atomic E-state index is 13.5. The average Bonchev–Trinajstić information content (AvgIpc) is 2.98. The molecular formula is C20H22FNOS. The number of aliphatic hydroxyl groups excluding tert-OH is 1. The Morgan fingerprint density at radius 2 is 2.04 bits per heavy atom. The highest BCUT2D eigenvalue weighted by molar-refractivity contribution is 7.97. The third-order valence-corrected chi connectivity index (χ3v) is 5.13. The fourth-order valence-corrected chi connectivity index (χ4v) is 3.99. The van der Waals surface area contributed by atoms with Crippen LogP contribution in [-0.2, 0) is 5.75 Å². The lowest BCUT2D eigenvalue weighted by Crippen LogP contribution is -2.05. The second-order valence-electron chi connectivity index (χ2n) is 6.08. The lowest BCUT2D eigenvalue weighted by molar-refractivity contribution is 0.281. The van der Waals surface area contributed by atoms with Gasteiger partial charge < -0.3 is 10.1 Å². The zero-order chi connectivity index (χ0) is 17.1. The average molecular weight is 343 g/mol. The molecule has 1 heterocycles. The van der Waals surface area contributed by atoms with Crippen LogP contribution in [-0.4, -0.2) is 23.0 Å². The van der Waals surface area contributed by atoms with Crippen molar-refractivity contribution in [2.45, 2.75) is 25.0 Å². The molecule has 24 heavy (non-hydrogen) atoms. The SMILES string of the molecule is CSCc1cccc2c(C(CCO)c3ccc(F)cc3C)c[nH]c12. The van der Waals surface area contributed by atoms with Gasteiger partial charge in [-0.05, 0) is 54.0 Å². The topological polar surface area (TPSA) is 36.0 Å². The zero-order valence-electron chi connectivity index (χ0n) is 14.0. The standard InChI is InChI=1S/C20H22FNOS/c1-13-10-15(21)6-7-16(13)17(8-9-23)19-11-22-20-14(12-24-2)4-3-5-18(19)20/h3-7,10-11,17,22-23H,8-9,12H2,1-2H3. The van der Waals surface area contributed by atoms with Gasteiger partial charge in [0.05, 0.1) is 0 Å². The number of nitrogens with one attached hydrogen (secondary N) is 1. The van der Waals surface area contributed by atoms with Crippen LogP contribution in [0, 0.1) is 12.7 Å². The van der Waals surface area contributed by atoms with Gasteiger partial charge in [0.25, 0.3) is 0 Å². The smallest absolute Gasteiger partial charge is 0.123 e. The van der Waals surface area contributed by atoms with Crippen LogP contribution in [0.25, 0.3) is 10.9 Å². The molecule has 126 valence electrons. The minimum absolute atomic E-state index is 0.0499. The Balaban J connectivity index is 2.12. The first-order valence-electron chi connectivity index (χ1n) is 8.10. The van der Waals surface area contributed by atoms with Crippen LogP contribution in [0.1, 0.15) is 34.6 Å². The Morgan fingerprint density at radius 3 is 2.75 bits per heavy atom. The molecular weight excluding hydrogens is 321 g/mol. The Kier molecular flexibility index (Phi) is 5.27. The van der Waals surface area contributed by atoms with Crippen molar-refractivity contribution < 1.29 is 9.50 Å². The van der Waals surface area contributed by atoms with E-state index >= 15 is 0 Å². The third-order valence-electron chi connectivity index (χ3n) is 4.53. The molecule has 2 aromatic carbocycles. The number of aromatic nitrogens is 1. The molecule has 2 nitrogen and oxygen atoms in total. The molecule has 0 spiro atoms. The van der Waals surface area contributed by atoms with Crippen LogP contribution in [0.2, 0.25) is 0 Å². The molecule has 4 heteroatoms. The third kappa shape index (κ3) is 3.21. The Labute approximate surface area is 146 Å². The molecule has 1 aromatic heterocycles. The zero-order valence-corrected chi connectivity index (χ0v) is 14.8. The first-order chi connectivity index (χ1) is 11.7. The molecule has 0 fully saturated rings. The summed E-state index contributed by atoms with van der Waals surface area (Å²) in [6.07, 6.45) is 4.75. The predicted octanol–water partition coefficient (Wildman–Crippen LogP) is 4.99. The van der Waals surface area contributed by atoms with Crippen LogP contribution < -0.4 is 0 Å². The number of benzene rings is 2. The van der Waals surface area contributed by atoms with E-state index in [9.17, 15) is 9.50 Å². The van der Waals surface area contributed by atoms with E-state index in [1.165, 1.54) is 17.0 Å². The van der Waals surface area contributed by atoms with Gasteiger partial charge in [-0.3, -0.25) is 0 Å². The van der Waals surface area contributed by atoms with Crippen molar-refractivity contribution in [3.63, 3.8) is 0 Å². The second-order valence-corrected chi connectivity index (χ2v) is 6.95. The molecule has 1 unspecified atom stereocenters. The number of hydrogen-bond donors (Lipinski definition) is 2. The molecule has 1 atom stereocenters. The summed E-state index contributed by atoms with van der Waals surface area (Å²) < 4.78 is 13.5. The lowest BCUT2D eigenvalue weighted by Gasteiger charge is -2.18. The maximum absolute atomic E-state index is 13.5. The number of aryl methyl sites for hydroxylation is 1. The monoisotopic (exact) mass is 343 g/mol. The Morgan fingerprint density at radius 1 is 1.21 bits per heavy atom. The van der Waals surface area contributed by atoms with Crippen molar-refractivity contribution >= 4 is 22.7 Å². The van der Waals surface area contributed by atoms with Crippen LogP contribution in [0.3, 0.4) is 0 Å². The molecule has 0 aliphatic rings. The number of aliphatic hydroxyl groups is 1. The van der Waals surface area contributed by atoms with E-state index in [1.54, 1.807) is 17.8 Å². The number of thioether (sulfide) groups is 1. The molecule has 3 rings (SSSR count). The number of hydrogen-bond acceptors (Lipinski definition) is 2. The largest absolute Gasteiger partial charge is 0.396 e. The van der Waals surface area contributed by atoms with Gasteiger partial charge in [-0.25, -0.2) is 4.39 Å². The first kappa shape index (κ1) is 17.1. The summed E-state index contributed by atoms with van der Waals surface area (Å²) in [5.41, 5.74) is 5.59.